The fourth-order valence-corrected chi connectivity index (χ4v) is 5.29. The van der Waals surface area contributed by atoms with Crippen molar-refractivity contribution in [3.8, 4) is 5.75 Å². The summed E-state index contributed by atoms with van der Waals surface area (Å²) in [4.78, 5) is 19.2. The van der Waals surface area contributed by atoms with Gasteiger partial charge < -0.3 is 14.1 Å². The maximum Gasteiger partial charge on any atom is 0.253 e. The number of tetrazole rings is 1. The third-order valence-electron chi connectivity index (χ3n) is 7.47. The van der Waals surface area contributed by atoms with Crippen LogP contribution in [-0.4, -0.2) is 37.2 Å². The summed E-state index contributed by atoms with van der Waals surface area (Å²) in [5.74, 6) is 2.05. The molecule has 0 bridgehead atoms. The highest BCUT2D eigenvalue weighted by atomic mass is 16.5. The van der Waals surface area contributed by atoms with Crippen molar-refractivity contribution in [2.45, 2.75) is 39.0 Å². The van der Waals surface area contributed by atoms with E-state index in [4.69, 9.17) is 9.15 Å². The molecule has 0 spiro atoms. The second-order valence-electron chi connectivity index (χ2n) is 10.2. The molecule has 9 nitrogen and oxygen atoms in total. The fourth-order valence-electron chi connectivity index (χ4n) is 5.29. The maximum atomic E-state index is 13.9. The summed E-state index contributed by atoms with van der Waals surface area (Å²) in [6, 6.07) is 29.4. The molecule has 0 saturated heterocycles. The molecule has 6 rings (SSSR count). The standard InChI is InChI=1S/C33H32N6O3/c1-3-23-13-16-30-26(18-23)19-29(33(40)34-30)31(32-35-36-37-39(32)22-28-10-7-17-42-28)38(20-24-8-5-4-6-9-24)21-25-11-14-27(41-2)15-12-25/h4-19,31H,3,20-22H2,1-2H3,(H,34,40)/t31-/m0/s1. The van der Waals surface area contributed by atoms with E-state index in [1.54, 1.807) is 18.1 Å². The van der Waals surface area contributed by atoms with Crippen LogP contribution in [0.15, 0.2) is 106 Å². The summed E-state index contributed by atoms with van der Waals surface area (Å²) in [7, 11) is 1.65. The van der Waals surface area contributed by atoms with Crippen LogP contribution in [0.5, 0.6) is 5.75 Å². The summed E-state index contributed by atoms with van der Waals surface area (Å²) >= 11 is 0. The maximum absolute atomic E-state index is 13.9. The molecule has 3 heterocycles. The molecule has 0 saturated carbocycles. The first-order chi connectivity index (χ1) is 20.6. The molecule has 42 heavy (non-hydrogen) atoms. The van der Waals surface area contributed by atoms with Gasteiger partial charge in [-0.05, 0) is 81.4 Å². The van der Waals surface area contributed by atoms with Crippen LogP contribution in [0.1, 0.15) is 46.8 Å². The van der Waals surface area contributed by atoms with Crippen molar-refractivity contribution in [2.24, 2.45) is 0 Å². The molecular formula is C33H32N6O3. The SMILES string of the molecule is CCc1ccc2[nH]c(=O)c([C@@H](c3nnnn3Cc3ccco3)N(Cc3ccccc3)Cc3ccc(OC)cc3)cc2c1. The number of aryl methyl sites for hydroxylation is 1. The minimum atomic E-state index is -0.573. The Morgan fingerprint density at radius 2 is 1.69 bits per heavy atom. The van der Waals surface area contributed by atoms with Gasteiger partial charge in [0.2, 0.25) is 0 Å². The highest BCUT2D eigenvalue weighted by molar-refractivity contribution is 5.80. The van der Waals surface area contributed by atoms with Crippen molar-refractivity contribution < 1.29 is 9.15 Å². The number of rotatable bonds is 11. The van der Waals surface area contributed by atoms with Gasteiger partial charge in [0.15, 0.2) is 5.82 Å². The number of nitrogens with zero attached hydrogens (tertiary/aromatic N) is 5. The van der Waals surface area contributed by atoms with Gasteiger partial charge in [0, 0.05) is 24.2 Å². The highest BCUT2D eigenvalue weighted by Gasteiger charge is 2.31. The predicted molar refractivity (Wildman–Crippen MR) is 160 cm³/mol. The average Bonchev–Trinajstić information content (AvgIpc) is 3.71. The zero-order valence-electron chi connectivity index (χ0n) is 23.6. The van der Waals surface area contributed by atoms with E-state index in [-0.39, 0.29) is 5.56 Å². The van der Waals surface area contributed by atoms with E-state index >= 15 is 0 Å². The smallest absolute Gasteiger partial charge is 0.253 e. The summed E-state index contributed by atoms with van der Waals surface area (Å²) < 4.78 is 12.7. The molecule has 9 heteroatoms. The number of hydrogen-bond acceptors (Lipinski definition) is 7. The molecule has 3 aromatic heterocycles. The lowest BCUT2D eigenvalue weighted by Gasteiger charge is -2.31. The molecule has 0 amide bonds. The van der Waals surface area contributed by atoms with Crippen LogP contribution < -0.4 is 10.3 Å². The Morgan fingerprint density at radius 1 is 0.929 bits per heavy atom. The van der Waals surface area contributed by atoms with E-state index in [1.807, 2.05) is 72.8 Å². The number of furan rings is 1. The van der Waals surface area contributed by atoms with Crippen LogP contribution in [-0.2, 0) is 26.1 Å². The lowest BCUT2D eigenvalue weighted by Crippen LogP contribution is -2.35. The number of aromatic nitrogens is 5. The van der Waals surface area contributed by atoms with Crippen molar-refractivity contribution >= 4 is 10.9 Å². The number of hydrogen-bond donors (Lipinski definition) is 1. The second-order valence-corrected chi connectivity index (χ2v) is 10.2. The number of H-pyrrole nitrogens is 1. The van der Waals surface area contributed by atoms with Crippen LogP contribution in [0, 0.1) is 0 Å². The Bertz CT molecular complexity index is 1810. The van der Waals surface area contributed by atoms with Gasteiger partial charge in [-0.1, -0.05) is 55.5 Å². The summed E-state index contributed by atoms with van der Waals surface area (Å²) in [5.41, 5.74) is 4.53. The molecule has 0 aliphatic carbocycles. The predicted octanol–water partition coefficient (Wildman–Crippen LogP) is 5.52. The zero-order chi connectivity index (χ0) is 28.9. The topological polar surface area (TPSA) is 102 Å². The third-order valence-corrected chi connectivity index (χ3v) is 7.47. The monoisotopic (exact) mass is 560 g/mol. The van der Waals surface area contributed by atoms with Gasteiger partial charge >= 0.3 is 0 Å². The van der Waals surface area contributed by atoms with Gasteiger partial charge in [-0.2, -0.15) is 0 Å². The average molecular weight is 561 g/mol. The van der Waals surface area contributed by atoms with E-state index in [0.717, 1.165) is 34.2 Å². The number of aromatic amines is 1. The first-order valence-electron chi connectivity index (χ1n) is 14.0. The number of methoxy groups -OCH3 is 1. The molecule has 6 aromatic rings. The van der Waals surface area contributed by atoms with E-state index in [0.29, 0.717) is 36.8 Å². The van der Waals surface area contributed by atoms with Crippen molar-refractivity contribution in [3.63, 3.8) is 0 Å². The molecule has 1 N–H and O–H groups in total. The van der Waals surface area contributed by atoms with Gasteiger partial charge in [-0.3, -0.25) is 9.69 Å². The van der Waals surface area contributed by atoms with Crippen LogP contribution in [0.2, 0.25) is 0 Å². The molecular weight excluding hydrogens is 528 g/mol. The third kappa shape index (κ3) is 5.87. The quantitative estimate of drug-likeness (QED) is 0.223. The molecule has 212 valence electrons. The Balaban J connectivity index is 1.52. The minimum Gasteiger partial charge on any atom is -0.497 e. The second kappa shape index (κ2) is 12.2. The Kier molecular flexibility index (Phi) is 7.91. The van der Waals surface area contributed by atoms with E-state index in [1.165, 1.54) is 5.56 Å². The largest absolute Gasteiger partial charge is 0.497 e. The van der Waals surface area contributed by atoms with Crippen molar-refractivity contribution in [3.05, 3.63) is 141 Å². The van der Waals surface area contributed by atoms with Gasteiger partial charge in [0.05, 0.1) is 13.4 Å². The summed E-state index contributed by atoms with van der Waals surface area (Å²) in [6.45, 7) is 3.54. The van der Waals surface area contributed by atoms with Gasteiger partial charge in [0.25, 0.3) is 5.56 Å². The van der Waals surface area contributed by atoms with Crippen molar-refractivity contribution in [2.75, 3.05) is 7.11 Å². The van der Waals surface area contributed by atoms with E-state index in [2.05, 4.69) is 50.5 Å². The lowest BCUT2D eigenvalue weighted by atomic mass is 10.00. The van der Waals surface area contributed by atoms with Crippen LogP contribution in [0.3, 0.4) is 0 Å². The number of nitrogens with one attached hydrogen (secondary N) is 1. The summed E-state index contributed by atoms with van der Waals surface area (Å²) in [5, 5.41) is 13.8. The highest BCUT2D eigenvalue weighted by Crippen LogP contribution is 2.31. The molecule has 1 atom stereocenters. The van der Waals surface area contributed by atoms with E-state index in [9.17, 15) is 4.79 Å². The van der Waals surface area contributed by atoms with Crippen LogP contribution >= 0.6 is 0 Å². The van der Waals surface area contributed by atoms with Crippen LogP contribution in [0.4, 0.5) is 0 Å². The Hall–Kier alpha value is -5.02. The van der Waals surface area contributed by atoms with Gasteiger partial charge in [-0.25, -0.2) is 4.68 Å². The number of ether oxygens (including phenoxy) is 1. The number of pyridine rings is 1. The normalized spacial score (nSPS) is 12.2. The molecule has 0 radical (unpaired) electrons. The fraction of sp³-hybridized carbons (Fsp3) is 0.212. The molecule has 0 fully saturated rings. The molecule has 3 aromatic carbocycles. The first-order valence-corrected chi connectivity index (χ1v) is 14.0. The van der Waals surface area contributed by atoms with Gasteiger partial charge in [-0.15, -0.1) is 5.10 Å². The summed E-state index contributed by atoms with van der Waals surface area (Å²) in [6.07, 6.45) is 2.52. The number of benzene rings is 3. The van der Waals surface area contributed by atoms with E-state index < -0.39 is 6.04 Å². The Morgan fingerprint density at radius 3 is 2.40 bits per heavy atom. The molecule has 0 unspecified atom stereocenters. The molecule has 0 aliphatic heterocycles. The van der Waals surface area contributed by atoms with Crippen molar-refractivity contribution in [1.29, 1.82) is 0 Å². The zero-order valence-corrected chi connectivity index (χ0v) is 23.6. The van der Waals surface area contributed by atoms with Gasteiger partial charge in [0.1, 0.15) is 24.1 Å². The number of fused-ring (bicyclic) bond motifs is 1. The Labute approximate surface area is 243 Å². The first kappa shape index (κ1) is 27.2. The minimum absolute atomic E-state index is 0.183. The van der Waals surface area contributed by atoms with Crippen LogP contribution in [0.25, 0.3) is 10.9 Å². The molecule has 0 aliphatic rings. The lowest BCUT2D eigenvalue weighted by molar-refractivity contribution is 0.193. The van der Waals surface area contributed by atoms with Crippen molar-refractivity contribution in [1.82, 2.24) is 30.1 Å².